The largest absolute Gasteiger partial charge is 0.505 e. The molecule has 2 fully saturated rings. The van der Waals surface area contributed by atoms with Crippen molar-refractivity contribution in [2.24, 2.45) is 29.6 Å². The third kappa shape index (κ3) is 1.86. The molecule has 1 saturated heterocycles. The molecule has 4 rings (SSSR count). The third-order valence-corrected chi connectivity index (χ3v) is 5.13. The van der Waals surface area contributed by atoms with Gasteiger partial charge in [-0.1, -0.05) is 19.1 Å². The zero-order valence-electron chi connectivity index (χ0n) is 12.2. The second-order valence-electron chi connectivity index (χ2n) is 6.50. The van der Waals surface area contributed by atoms with E-state index < -0.39 is 0 Å². The Bertz CT molecular complexity index is 670. The lowest BCUT2D eigenvalue weighted by Crippen LogP contribution is -2.33. The van der Waals surface area contributed by atoms with Crippen LogP contribution in [-0.4, -0.2) is 26.9 Å². The van der Waals surface area contributed by atoms with Crippen molar-refractivity contribution in [1.82, 2.24) is 9.97 Å². The van der Waals surface area contributed by atoms with Crippen LogP contribution in [0.25, 0.3) is 0 Å². The Morgan fingerprint density at radius 2 is 1.91 bits per heavy atom. The summed E-state index contributed by atoms with van der Waals surface area (Å²) in [6.45, 7) is 2.18. The Hall–Kier alpha value is -2.24. The van der Waals surface area contributed by atoms with Gasteiger partial charge in [-0.15, -0.1) is 0 Å². The molecular formula is C16H17N3O3. The number of rotatable bonds is 2. The van der Waals surface area contributed by atoms with Gasteiger partial charge in [0.2, 0.25) is 17.8 Å². The highest BCUT2D eigenvalue weighted by Crippen LogP contribution is 2.52. The number of carbonyl (C=O) groups excluding carboxylic acids is 2. The van der Waals surface area contributed by atoms with Crippen LogP contribution in [0.1, 0.15) is 19.8 Å². The van der Waals surface area contributed by atoms with Crippen LogP contribution in [0.5, 0.6) is 5.75 Å². The summed E-state index contributed by atoms with van der Waals surface area (Å²) in [7, 11) is 0. The number of carbonyl (C=O) groups is 2. The minimum Gasteiger partial charge on any atom is -0.505 e. The normalized spacial score (nSPS) is 36.6. The Balaban J connectivity index is 1.68. The zero-order valence-corrected chi connectivity index (χ0v) is 12.2. The monoisotopic (exact) mass is 299 g/mol. The van der Waals surface area contributed by atoms with E-state index in [0.717, 1.165) is 11.3 Å². The fourth-order valence-electron chi connectivity index (χ4n) is 3.85. The fourth-order valence-corrected chi connectivity index (χ4v) is 3.85. The number of aromatic hydroxyl groups is 1. The van der Waals surface area contributed by atoms with Crippen LogP contribution in [0.2, 0.25) is 0 Å². The van der Waals surface area contributed by atoms with Gasteiger partial charge >= 0.3 is 0 Å². The highest BCUT2D eigenvalue weighted by atomic mass is 16.3. The first-order chi connectivity index (χ1) is 10.6. The lowest BCUT2D eigenvalue weighted by molar-refractivity contribution is -0.123. The van der Waals surface area contributed by atoms with Gasteiger partial charge in [0.25, 0.3) is 0 Å². The predicted octanol–water partition coefficient (Wildman–Crippen LogP) is 1.52. The van der Waals surface area contributed by atoms with Gasteiger partial charge in [0.1, 0.15) is 0 Å². The Labute approximate surface area is 127 Å². The lowest BCUT2D eigenvalue weighted by Gasteiger charge is -2.26. The maximum Gasteiger partial charge on any atom is 0.240 e. The summed E-state index contributed by atoms with van der Waals surface area (Å²) in [4.78, 5) is 34.4. The van der Waals surface area contributed by atoms with E-state index >= 15 is 0 Å². The number of aromatic nitrogens is 2. The predicted molar refractivity (Wildman–Crippen MR) is 77.7 cm³/mol. The molecule has 2 aliphatic carbocycles. The molecule has 2 heterocycles. The van der Waals surface area contributed by atoms with Gasteiger partial charge in [0, 0.05) is 0 Å². The summed E-state index contributed by atoms with van der Waals surface area (Å²) >= 11 is 0. The molecule has 1 aromatic heterocycles. The smallest absolute Gasteiger partial charge is 0.240 e. The Kier molecular flexibility index (Phi) is 2.82. The molecule has 3 unspecified atom stereocenters. The quantitative estimate of drug-likeness (QED) is 0.661. The van der Waals surface area contributed by atoms with E-state index in [4.69, 9.17) is 0 Å². The molecular weight excluding hydrogens is 282 g/mol. The van der Waals surface area contributed by atoms with Crippen molar-refractivity contribution in [3.05, 3.63) is 24.5 Å². The molecule has 0 spiro atoms. The summed E-state index contributed by atoms with van der Waals surface area (Å²) in [5.41, 5.74) is 0. The molecule has 6 heteroatoms. The van der Waals surface area contributed by atoms with Gasteiger partial charge < -0.3 is 5.11 Å². The molecule has 2 amide bonds. The van der Waals surface area contributed by atoms with Crippen molar-refractivity contribution in [3.8, 4) is 5.75 Å². The molecule has 22 heavy (non-hydrogen) atoms. The third-order valence-electron chi connectivity index (χ3n) is 5.13. The van der Waals surface area contributed by atoms with Crippen molar-refractivity contribution in [3.63, 3.8) is 0 Å². The van der Waals surface area contributed by atoms with Gasteiger partial charge in [-0.05, 0) is 30.6 Å². The van der Waals surface area contributed by atoms with E-state index in [1.165, 1.54) is 12.4 Å². The van der Waals surface area contributed by atoms with Crippen LogP contribution in [0.4, 0.5) is 5.95 Å². The van der Waals surface area contributed by atoms with E-state index in [2.05, 4.69) is 23.0 Å². The first-order valence-electron chi connectivity index (χ1n) is 7.63. The molecule has 0 aromatic carbocycles. The fraction of sp³-hybridized carbons (Fsp3) is 0.500. The van der Waals surface area contributed by atoms with Crippen molar-refractivity contribution in [1.29, 1.82) is 0 Å². The standard InChI is InChI=1S/C16H17N3O3/c1-8-5-12(8)10-3-2-4-11-13(10)15(22)19(14(11)21)16-17-6-9(20)7-18-16/h2-3,6-8,10-13,20H,4-5H2,1H3/t8-,10?,11?,12+,13?/m1/s1. The van der Waals surface area contributed by atoms with Crippen LogP contribution < -0.4 is 4.90 Å². The van der Waals surface area contributed by atoms with Crippen LogP contribution in [0, 0.1) is 29.6 Å². The number of imide groups is 1. The number of amides is 2. The first kappa shape index (κ1) is 13.4. The van der Waals surface area contributed by atoms with Crippen molar-refractivity contribution >= 4 is 17.8 Å². The van der Waals surface area contributed by atoms with Crippen LogP contribution in [-0.2, 0) is 9.59 Å². The zero-order chi connectivity index (χ0) is 15.4. The second-order valence-corrected chi connectivity index (χ2v) is 6.50. The van der Waals surface area contributed by atoms with Crippen LogP contribution in [0.15, 0.2) is 24.5 Å². The number of hydrogen-bond acceptors (Lipinski definition) is 5. The molecule has 1 aliphatic heterocycles. The average molecular weight is 299 g/mol. The molecule has 114 valence electrons. The van der Waals surface area contributed by atoms with E-state index in [-0.39, 0.29) is 41.3 Å². The maximum absolute atomic E-state index is 12.8. The SMILES string of the molecule is C[C@@H]1C[C@@H]1C1C=CCC2C(=O)N(c3ncc(O)cn3)C(=O)C21. The average Bonchev–Trinajstić information content (AvgIpc) is 3.19. The lowest BCUT2D eigenvalue weighted by atomic mass is 9.75. The van der Waals surface area contributed by atoms with Gasteiger partial charge in [0.15, 0.2) is 5.75 Å². The number of nitrogens with zero attached hydrogens (tertiary/aromatic N) is 3. The summed E-state index contributed by atoms with van der Waals surface area (Å²) in [6, 6.07) is 0. The number of allylic oxidation sites excluding steroid dienone is 2. The topological polar surface area (TPSA) is 83.4 Å². The van der Waals surface area contributed by atoms with Gasteiger partial charge in [0.05, 0.1) is 24.2 Å². The van der Waals surface area contributed by atoms with Gasteiger partial charge in [-0.3, -0.25) is 9.59 Å². The number of anilines is 1. The summed E-state index contributed by atoms with van der Waals surface area (Å²) in [6.07, 6.45) is 8.26. The summed E-state index contributed by atoms with van der Waals surface area (Å²) < 4.78 is 0. The molecule has 1 aromatic rings. The highest BCUT2D eigenvalue weighted by molar-refractivity contribution is 6.21. The van der Waals surface area contributed by atoms with E-state index in [1.807, 2.05) is 6.08 Å². The maximum atomic E-state index is 12.8. The van der Waals surface area contributed by atoms with E-state index in [0.29, 0.717) is 18.3 Å². The Morgan fingerprint density at radius 1 is 1.23 bits per heavy atom. The second kappa shape index (κ2) is 4.63. The molecule has 3 aliphatic rings. The van der Waals surface area contributed by atoms with E-state index in [1.54, 1.807) is 0 Å². The van der Waals surface area contributed by atoms with Crippen LogP contribution >= 0.6 is 0 Å². The molecule has 0 bridgehead atoms. The highest BCUT2D eigenvalue weighted by Gasteiger charge is 2.56. The first-order valence-corrected chi connectivity index (χ1v) is 7.63. The minimum atomic E-state index is -0.298. The molecule has 6 nitrogen and oxygen atoms in total. The van der Waals surface area contributed by atoms with Crippen molar-refractivity contribution in [2.75, 3.05) is 4.90 Å². The molecule has 5 atom stereocenters. The number of fused-ring (bicyclic) bond motifs is 1. The van der Waals surface area contributed by atoms with E-state index in [9.17, 15) is 14.7 Å². The minimum absolute atomic E-state index is 0.0600. The van der Waals surface area contributed by atoms with Crippen molar-refractivity contribution in [2.45, 2.75) is 19.8 Å². The van der Waals surface area contributed by atoms with Crippen molar-refractivity contribution < 1.29 is 14.7 Å². The molecule has 1 N–H and O–H groups in total. The number of hydrogen-bond donors (Lipinski definition) is 1. The Morgan fingerprint density at radius 3 is 2.55 bits per heavy atom. The molecule has 0 radical (unpaired) electrons. The van der Waals surface area contributed by atoms with Gasteiger partial charge in [-0.2, -0.15) is 0 Å². The van der Waals surface area contributed by atoms with Crippen LogP contribution in [0.3, 0.4) is 0 Å². The molecule has 1 saturated carbocycles. The summed E-state index contributed by atoms with van der Waals surface area (Å²) in [5.74, 6) is 0.232. The summed E-state index contributed by atoms with van der Waals surface area (Å²) in [5, 5.41) is 9.27. The van der Waals surface area contributed by atoms with Gasteiger partial charge in [-0.25, -0.2) is 14.9 Å².